The molecule has 0 saturated heterocycles. The van der Waals surface area contributed by atoms with Crippen LogP contribution in [0.15, 0.2) is 47.3 Å². The van der Waals surface area contributed by atoms with Gasteiger partial charge >= 0.3 is 0 Å². The molecule has 1 amide bonds. The third-order valence-electron chi connectivity index (χ3n) is 2.88. The molecule has 0 aliphatic rings. The molecule has 0 atom stereocenters. The molecule has 1 aromatic carbocycles. The minimum Gasteiger partial charge on any atom is -0.340 e. The van der Waals surface area contributed by atoms with Gasteiger partial charge in [0.1, 0.15) is 5.69 Å². The molecule has 0 aliphatic carbocycles. The maximum atomic E-state index is 12.0. The third kappa shape index (κ3) is 4.32. The second-order valence-electron chi connectivity index (χ2n) is 4.63. The second kappa shape index (κ2) is 7.79. The summed E-state index contributed by atoms with van der Waals surface area (Å²) in [5.74, 6) is 5.49. The van der Waals surface area contributed by atoms with Gasteiger partial charge in [-0.2, -0.15) is 5.10 Å². The van der Waals surface area contributed by atoms with Crippen molar-refractivity contribution in [2.75, 3.05) is 6.54 Å². The quantitative estimate of drug-likeness (QED) is 0.868. The fourth-order valence-corrected chi connectivity index (χ4v) is 1.82. The van der Waals surface area contributed by atoms with Crippen molar-refractivity contribution in [1.82, 2.24) is 15.1 Å². The van der Waals surface area contributed by atoms with Crippen LogP contribution < -0.4 is 10.9 Å². The highest BCUT2D eigenvalue weighted by atomic mass is 16.2. The Morgan fingerprint density at radius 1 is 1.23 bits per heavy atom. The molecule has 2 rings (SSSR count). The van der Waals surface area contributed by atoms with E-state index < -0.39 is 0 Å². The number of amides is 1. The van der Waals surface area contributed by atoms with Crippen LogP contribution in [-0.4, -0.2) is 22.2 Å². The van der Waals surface area contributed by atoms with Crippen LogP contribution >= 0.6 is 0 Å². The van der Waals surface area contributed by atoms with E-state index in [0.29, 0.717) is 6.54 Å². The standard InChI is InChI=1S/C17H17N3O2/c1-2-13-20-16(21)11-10-15(19-20)17(22)18-12-6-9-14-7-4-3-5-8-14/h3-5,7-8,10-11H,2,12-13H2,1H3,(H,18,22). The summed E-state index contributed by atoms with van der Waals surface area (Å²) in [5.41, 5.74) is 0.906. The summed E-state index contributed by atoms with van der Waals surface area (Å²) in [6.45, 7) is 2.66. The predicted molar refractivity (Wildman–Crippen MR) is 84.4 cm³/mol. The Morgan fingerprint density at radius 2 is 2.00 bits per heavy atom. The molecule has 1 aromatic heterocycles. The van der Waals surface area contributed by atoms with Crippen LogP contribution in [0.2, 0.25) is 0 Å². The smallest absolute Gasteiger partial charge is 0.272 e. The van der Waals surface area contributed by atoms with Gasteiger partial charge in [-0.05, 0) is 24.6 Å². The summed E-state index contributed by atoms with van der Waals surface area (Å²) in [7, 11) is 0. The second-order valence-corrected chi connectivity index (χ2v) is 4.63. The Kier molecular flexibility index (Phi) is 5.50. The number of carbonyl (C=O) groups excluding carboxylic acids is 1. The van der Waals surface area contributed by atoms with Gasteiger partial charge in [0.2, 0.25) is 0 Å². The molecular weight excluding hydrogens is 278 g/mol. The zero-order valence-corrected chi connectivity index (χ0v) is 12.4. The minimum atomic E-state index is -0.341. The summed E-state index contributed by atoms with van der Waals surface area (Å²) in [6.07, 6.45) is 0.778. The average Bonchev–Trinajstić information content (AvgIpc) is 2.54. The minimum absolute atomic E-state index is 0.206. The van der Waals surface area contributed by atoms with Crippen LogP contribution in [0.25, 0.3) is 0 Å². The lowest BCUT2D eigenvalue weighted by atomic mass is 10.2. The van der Waals surface area contributed by atoms with E-state index in [1.807, 2.05) is 37.3 Å². The van der Waals surface area contributed by atoms with Gasteiger partial charge in [0.25, 0.3) is 11.5 Å². The van der Waals surface area contributed by atoms with Crippen molar-refractivity contribution in [2.24, 2.45) is 0 Å². The highest BCUT2D eigenvalue weighted by Crippen LogP contribution is 1.94. The van der Waals surface area contributed by atoms with Crippen molar-refractivity contribution >= 4 is 5.91 Å². The van der Waals surface area contributed by atoms with Crippen LogP contribution in [-0.2, 0) is 6.54 Å². The number of hydrogen-bond acceptors (Lipinski definition) is 3. The number of carbonyl (C=O) groups is 1. The fourth-order valence-electron chi connectivity index (χ4n) is 1.82. The fraction of sp³-hybridized carbons (Fsp3) is 0.235. The molecule has 1 heterocycles. The molecule has 0 bridgehead atoms. The van der Waals surface area contributed by atoms with Crippen LogP contribution in [0, 0.1) is 11.8 Å². The third-order valence-corrected chi connectivity index (χ3v) is 2.88. The van der Waals surface area contributed by atoms with Crippen molar-refractivity contribution < 1.29 is 4.79 Å². The monoisotopic (exact) mass is 295 g/mol. The van der Waals surface area contributed by atoms with Crippen molar-refractivity contribution in [3.8, 4) is 11.8 Å². The highest BCUT2D eigenvalue weighted by Gasteiger charge is 2.08. The van der Waals surface area contributed by atoms with Crippen LogP contribution in [0.3, 0.4) is 0 Å². The molecular formula is C17H17N3O2. The van der Waals surface area contributed by atoms with E-state index in [4.69, 9.17) is 0 Å². The Morgan fingerprint density at radius 3 is 2.73 bits per heavy atom. The summed E-state index contributed by atoms with van der Waals surface area (Å²) in [5, 5.41) is 6.71. The van der Waals surface area contributed by atoms with E-state index >= 15 is 0 Å². The molecule has 112 valence electrons. The van der Waals surface area contributed by atoms with Gasteiger partial charge in [0.05, 0.1) is 6.54 Å². The van der Waals surface area contributed by atoms with E-state index in [1.165, 1.54) is 16.8 Å². The molecule has 0 aliphatic heterocycles. The molecule has 5 heteroatoms. The Labute approximate surface area is 129 Å². The molecule has 22 heavy (non-hydrogen) atoms. The number of nitrogens with one attached hydrogen (secondary N) is 1. The van der Waals surface area contributed by atoms with Crippen LogP contribution in [0.4, 0.5) is 0 Å². The molecule has 0 spiro atoms. The van der Waals surface area contributed by atoms with E-state index in [1.54, 1.807) is 0 Å². The van der Waals surface area contributed by atoms with Gasteiger partial charge in [-0.15, -0.1) is 0 Å². The molecule has 2 aromatic rings. The lowest BCUT2D eigenvalue weighted by Crippen LogP contribution is -2.29. The van der Waals surface area contributed by atoms with Crippen LogP contribution in [0.1, 0.15) is 29.4 Å². The molecule has 0 fully saturated rings. The molecule has 5 nitrogen and oxygen atoms in total. The topological polar surface area (TPSA) is 64.0 Å². The van der Waals surface area contributed by atoms with E-state index in [9.17, 15) is 9.59 Å². The molecule has 0 radical (unpaired) electrons. The van der Waals surface area contributed by atoms with Gasteiger partial charge in [0, 0.05) is 18.2 Å². The predicted octanol–water partition coefficient (Wildman–Crippen LogP) is 1.43. The van der Waals surface area contributed by atoms with Gasteiger partial charge in [-0.1, -0.05) is 37.0 Å². The SMILES string of the molecule is CCCn1nc(C(=O)NCC#Cc2ccccc2)ccc1=O. The Hall–Kier alpha value is -2.87. The average molecular weight is 295 g/mol. The largest absolute Gasteiger partial charge is 0.340 e. The van der Waals surface area contributed by atoms with E-state index in [-0.39, 0.29) is 23.7 Å². The molecule has 0 unspecified atom stereocenters. The first-order valence-electron chi connectivity index (χ1n) is 7.11. The number of nitrogens with zero attached hydrogens (tertiary/aromatic N) is 2. The van der Waals surface area contributed by atoms with Crippen molar-refractivity contribution in [1.29, 1.82) is 0 Å². The number of aryl methyl sites for hydroxylation is 1. The Balaban J connectivity index is 1.97. The number of benzene rings is 1. The summed E-state index contributed by atoms with van der Waals surface area (Å²) in [6, 6.07) is 12.3. The van der Waals surface area contributed by atoms with Gasteiger partial charge < -0.3 is 5.32 Å². The first kappa shape index (κ1) is 15.5. The number of rotatable bonds is 4. The zero-order chi connectivity index (χ0) is 15.8. The first-order valence-corrected chi connectivity index (χ1v) is 7.11. The molecule has 0 saturated carbocycles. The summed E-state index contributed by atoms with van der Waals surface area (Å²) in [4.78, 5) is 23.5. The maximum Gasteiger partial charge on any atom is 0.272 e. The number of aromatic nitrogens is 2. The summed E-state index contributed by atoms with van der Waals surface area (Å²) < 4.78 is 1.30. The number of hydrogen-bond donors (Lipinski definition) is 1. The van der Waals surface area contributed by atoms with Gasteiger partial charge in [-0.3, -0.25) is 9.59 Å². The van der Waals surface area contributed by atoms with Crippen molar-refractivity contribution in [3.05, 3.63) is 64.1 Å². The maximum absolute atomic E-state index is 12.0. The van der Waals surface area contributed by atoms with E-state index in [0.717, 1.165) is 12.0 Å². The lowest BCUT2D eigenvalue weighted by molar-refractivity contribution is 0.0951. The zero-order valence-electron chi connectivity index (χ0n) is 12.4. The lowest BCUT2D eigenvalue weighted by Gasteiger charge is -2.05. The van der Waals surface area contributed by atoms with Crippen molar-refractivity contribution in [2.45, 2.75) is 19.9 Å². The van der Waals surface area contributed by atoms with Gasteiger partial charge in [-0.25, -0.2) is 4.68 Å². The van der Waals surface area contributed by atoms with Gasteiger partial charge in [0.15, 0.2) is 0 Å². The summed E-state index contributed by atoms with van der Waals surface area (Å²) >= 11 is 0. The normalized spacial score (nSPS) is 9.68. The highest BCUT2D eigenvalue weighted by molar-refractivity contribution is 5.92. The van der Waals surface area contributed by atoms with E-state index in [2.05, 4.69) is 22.3 Å². The molecule has 1 N–H and O–H groups in total. The van der Waals surface area contributed by atoms with Crippen molar-refractivity contribution in [3.63, 3.8) is 0 Å². The Bertz CT molecular complexity index is 755. The van der Waals surface area contributed by atoms with Crippen LogP contribution in [0.5, 0.6) is 0 Å². The first-order chi connectivity index (χ1) is 10.7.